The van der Waals surface area contributed by atoms with Crippen molar-refractivity contribution >= 4 is 16.7 Å². The zero-order valence-corrected chi connectivity index (χ0v) is 11.1. The van der Waals surface area contributed by atoms with Crippen LogP contribution in [0.4, 0.5) is 4.39 Å². The van der Waals surface area contributed by atoms with Crippen LogP contribution in [0.25, 0.3) is 10.8 Å². The van der Waals surface area contributed by atoms with Gasteiger partial charge in [0.25, 0.3) is 5.91 Å². The van der Waals surface area contributed by atoms with Crippen LogP contribution < -0.4 is 0 Å². The summed E-state index contributed by atoms with van der Waals surface area (Å²) in [5, 5.41) is 10.6. The van der Waals surface area contributed by atoms with Gasteiger partial charge in [0, 0.05) is 24.0 Å². The van der Waals surface area contributed by atoms with Crippen molar-refractivity contribution in [2.75, 3.05) is 13.1 Å². The third-order valence-corrected chi connectivity index (χ3v) is 3.85. The quantitative estimate of drug-likeness (QED) is 0.867. The lowest BCUT2D eigenvalue weighted by Crippen LogP contribution is -2.40. The van der Waals surface area contributed by atoms with Crippen LogP contribution in [0.15, 0.2) is 36.4 Å². The van der Waals surface area contributed by atoms with E-state index in [-0.39, 0.29) is 17.8 Å². The van der Waals surface area contributed by atoms with E-state index in [0.717, 1.165) is 0 Å². The average molecular weight is 273 g/mol. The molecular formula is C16H16FNO2. The molecule has 2 aromatic rings. The van der Waals surface area contributed by atoms with E-state index in [4.69, 9.17) is 0 Å². The molecule has 2 aromatic carbocycles. The molecule has 0 aromatic heterocycles. The van der Waals surface area contributed by atoms with Crippen molar-refractivity contribution < 1.29 is 14.3 Å². The average Bonchev–Trinajstić information content (AvgIpc) is 2.48. The predicted molar refractivity (Wildman–Crippen MR) is 75.1 cm³/mol. The normalized spacial score (nSPS) is 16.6. The Kier molecular flexibility index (Phi) is 3.40. The number of likely N-dealkylation sites (tertiary alicyclic amines) is 1. The number of carbonyl (C=O) groups is 1. The fourth-order valence-electron chi connectivity index (χ4n) is 2.69. The minimum absolute atomic E-state index is 0.0897. The fourth-order valence-corrected chi connectivity index (χ4v) is 2.69. The van der Waals surface area contributed by atoms with Gasteiger partial charge in [-0.1, -0.05) is 24.3 Å². The van der Waals surface area contributed by atoms with Crippen LogP contribution in [-0.2, 0) is 0 Å². The smallest absolute Gasteiger partial charge is 0.254 e. The number of hydrogen-bond donors (Lipinski definition) is 1. The molecule has 1 aliphatic rings. The van der Waals surface area contributed by atoms with Gasteiger partial charge in [-0.3, -0.25) is 4.79 Å². The maximum atomic E-state index is 13.8. The predicted octanol–water partition coefficient (Wildman–Crippen LogP) is 2.58. The zero-order valence-electron chi connectivity index (χ0n) is 11.1. The summed E-state index contributed by atoms with van der Waals surface area (Å²) in [6.07, 6.45) is 0.888. The molecule has 0 saturated carbocycles. The van der Waals surface area contributed by atoms with Gasteiger partial charge in [0.2, 0.25) is 0 Å². The Morgan fingerprint density at radius 3 is 2.45 bits per heavy atom. The zero-order chi connectivity index (χ0) is 14.1. The molecule has 0 unspecified atom stereocenters. The Morgan fingerprint density at radius 2 is 1.75 bits per heavy atom. The van der Waals surface area contributed by atoms with E-state index in [2.05, 4.69) is 0 Å². The van der Waals surface area contributed by atoms with Crippen LogP contribution in [0.1, 0.15) is 23.2 Å². The molecule has 1 amide bonds. The second-order valence-corrected chi connectivity index (χ2v) is 5.16. The van der Waals surface area contributed by atoms with Gasteiger partial charge in [-0.15, -0.1) is 0 Å². The van der Waals surface area contributed by atoms with E-state index < -0.39 is 0 Å². The molecule has 0 aliphatic carbocycles. The molecule has 1 fully saturated rings. The van der Waals surface area contributed by atoms with Gasteiger partial charge in [0.15, 0.2) is 0 Å². The molecule has 1 N–H and O–H groups in total. The highest BCUT2D eigenvalue weighted by Crippen LogP contribution is 2.24. The molecule has 20 heavy (non-hydrogen) atoms. The van der Waals surface area contributed by atoms with Crippen LogP contribution in [0, 0.1) is 5.82 Å². The molecule has 1 aliphatic heterocycles. The molecule has 0 bridgehead atoms. The number of amides is 1. The molecule has 4 heteroatoms. The second-order valence-electron chi connectivity index (χ2n) is 5.16. The Bertz CT molecular complexity index is 648. The third-order valence-electron chi connectivity index (χ3n) is 3.85. The summed E-state index contributed by atoms with van der Waals surface area (Å²) < 4.78 is 13.8. The Labute approximate surface area is 116 Å². The number of benzene rings is 2. The second kappa shape index (κ2) is 5.21. The molecule has 1 heterocycles. The van der Waals surface area contributed by atoms with Crippen LogP contribution in [0.5, 0.6) is 0 Å². The van der Waals surface area contributed by atoms with Gasteiger partial charge in [-0.05, 0) is 30.4 Å². The summed E-state index contributed by atoms with van der Waals surface area (Å²) in [6.45, 7) is 1.09. The van der Waals surface area contributed by atoms with E-state index in [0.29, 0.717) is 42.3 Å². The van der Waals surface area contributed by atoms with E-state index in [1.807, 2.05) is 0 Å². The van der Waals surface area contributed by atoms with Crippen LogP contribution in [0.3, 0.4) is 0 Å². The summed E-state index contributed by atoms with van der Waals surface area (Å²) in [5.41, 5.74) is 0.526. The summed E-state index contributed by atoms with van der Waals surface area (Å²) in [6, 6.07) is 9.90. The number of nitrogens with zero attached hydrogens (tertiary/aromatic N) is 1. The maximum absolute atomic E-state index is 13.8. The van der Waals surface area contributed by atoms with Crippen molar-refractivity contribution in [1.82, 2.24) is 4.90 Å². The van der Waals surface area contributed by atoms with Crippen molar-refractivity contribution in [3.63, 3.8) is 0 Å². The number of aliphatic hydroxyl groups is 1. The molecular weight excluding hydrogens is 257 g/mol. The number of hydrogen-bond acceptors (Lipinski definition) is 2. The molecule has 0 spiro atoms. The lowest BCUT2D eigenvalue weighted by molar-refractivity contribution is 0.0548. The highest BCUT2D eigenvalue weighted by atomic mass is 19.1. The van der Waals surface area contributed by atoms with Gasteiger partial charge in [0.1, 0.15) is 5.82 Å². The van der Waals surface area contributed by atoms with Crippen LogP contribution >= 0.6 is 0 Å². The minimum atomic E-state index is -0.316. The van der Waals surface area contributed by atoms with Crippen molar-refractivity contribution in [2.24, 2.45) is 0 Å². The minimum Gasteiger partial charge on any atom is -0.393 e. The van der Waals surface area contributed by atoms with Gasteiger partial charge in [-0.2, -0.15) is 0 Å². The number of halogens is 1. The fraction of sp³-hybridized carbons (Fsp3) is 0.312. The number of rotatable bonds is 1. The van der Waals surface area contributed by atoms with E-state index in [1.54, 1.807) is 35.2 Å². The lowest BCUT2D eigenvalue weighted by Gasteiger charge is -2.30. The first-order chi connectivity index (χ1) is 9.66. The first-order valence-electron chi connectivity index (χ1n) is 6.81. The van der Waals surface area contributed by atoms with Gasteiger partial charge >= 0.3 is 0 Å². The van der Waals surface area contributed by atoms with E-state index in [1.165, 1.54) is 6.07 Å². The first kappa shape index (κ1) is 13.1. The Hall–Kier alpha value is -1.94. The lowest BCUT2D eigenvalue weighted by atomic mass is 10.0. The monoisotopic (exact) mass is 273 g/mol. The van der Waals surface area contributed by atoms with E-state index in [9.17, 15) is 14.3 Å². The van der Waals surface area contributed by atoms with Gasteiger partial charge in [0.05, 0.1) is 6.10 Å². The van der Waals surface area contributed by atoms with Crippen molar-refractivity contribution in [1.29, 1.82) is 0 Å². The van der Waals surface area contributed by atoms with E-state index >= 15 is 0 Å². The van der Waals surface area contributed by atoms with Crippen LogP contribution in [-0.4, -0.2) is 35.1 Å². The Balaban J connectivity index is 1.98. The SMILES string of the molecule is O=C(c1ccc(F)c2ccccc12)N1CCC(O)CC1. The third kappa shape index (κ3) is 2.27. The standard InChI is InChI=1S/C16H16FNO2/c17-15-6-5-14(12-3-1-2-4-13(12)15)16(20)18-9-7-11(19)8-10-18/h1-6,11,19H,7-10H2. The topological polar surface area (TPSA) is 40.5 Å². The highest BCUT2D eigenvalue weighted by molar-refractivity contribution is 6.07. The first-order valence-corrected chi connectivity index (χ1v) is 6.81. The van der Waals surface area contributed by atoms with Crippen molar-refractivity contribution in [2.45, 2.75) is 18.9 Å². The van der Waals surface area contributed by atoms with Crippen LogP contribution in [0.2, 0.25) is 0 Å². The summed E-state index contributed by atoms with van der Waals surface area (Å²) >= 11 is 0. The highest BCUT2D eigenvalue weighted by Gasteiger charge is 2.23. The van der Waals surface area contributed by atoms with Gasteiger partial charge in [-0.25, -0.2) is 4.39 Å². The number of fused-ring (bicyclic) bond motifs is 1. The van der Waals surface area contributed by atoms with Crippen molar-refractivity contribution in [3.05, 3.63) is 47.8 Å². The molecule has 3 rings (SSSR count). The molecule has 1 saturated heterocycles. The van der Waals surface area contributed by atoms with Crippen molar-refractivity contribution in [3.8, 4) is 0 Å². The summed E-state index contributed by atoms with van der Waals surface area (Å²) in [5.74, 6) is -0.403. The Morgan fingerprint density at radius 1 is 1.10 bits per heavy atom. The molecule has 3 nitrogen and oxygen atoms in total. The number of aliphatic hydroxyl groups excluding tert-OH is 1. The molecule has 104 valence electrons. The number of piperidine rings is 1. The summed E-state index contributed by atoms with van der Waals surface area (Å²) in [4.78, 5) is 14.3. The summed E-state index contributed by atoms with van der Waals surface area (Å²) in [7, 11) is 0. The maximum Gasteiger partial charge on any atom is 0.254 e. The largest absolute Gasteiger partial charge is 0.393 e. The molecule has 0 atom stereocenters. The number of carbonyl (C=O) groups excluding carboxylic acids is 1. The van der Waals surface area contributed by atoms with Gasteiger partial charge < -0.3 is 10.0 Å². The molecule has 0 radical (unpaired) electrons.